The quantitative estimate of drug-likeness (QED) is 0.322. The smallest absolute Gasteiger partial charge is 0.221 e. The van der Waals surface area contributed by atoms with E-state index >= 15 is 0 Å². The van der Waals surface area contributed by atoms with Crippen molar-refractivity contribution < 1.29 is 9.18 Å². The van der Waals surface area contributed by atoms with Gasteiger partial charge >= 0.3 is 0 Å². The predicted octanol–water partition coefficient (Wildman–Crippen LogP) is 2.99. The highest BCUT2D eigenvalue weighted by Gasteiger charge is 2.15. The van der Waals surface area contributed by atoms with Crippen LogP contribution in [-0.2, 0) is 11.2 Å². The van der Waals surface area contributed by atoms with Crippen LogP contribution in [0.5, 0.6) is 0 Å². The van der Waals surface area contributed by atoms with Crippen molar-refractivity contribution in [1.82, 2.24) is 16.0 Å². The highest BCUT2D eigenvalue weighted by molar-refractivity contribution is 14.0. The molecular formula is C19H30FIN4O. The summed E-state index contributed by atoms with van der Waals surface area (Å²) < 4.78 is 12.9. The fraction of sp³-hybridized carbons (Fsp3) is 0.579. The number of rotatable bonds is 7. The second-order valence-electron chi connectivity index (χ2n) is 6.45. The van der Waals surface area contributed by atoms with E-state index in [1.165, 1.54) is 31.4 Å². The number of amides is 1. The van der Waals surface area contributed by atoms with Gasteiger partial charge in [-0.3, -0.25) is 9.79 Å². The van der Waals surface area contributed by atoms with Crippen LogP contribution in [0, 0.1) is 5.82 Å². The average Bonchev–Trinajstić information content (AvgIpc) is 2.63. The van der Waals surface area contributed by atoms with Crippen LogP contribution >= 0.6 is 24.0 Å². The fourth-order valence-corrected chi connectivity index (χ4v) is 3.04. The summed E-state index contributed by atoms with van der Waals surface area (Å²) in [5, 5.41) is 9.46. The molecule has 0 aromatic heterocycles. The first-order valence-corrected chi connectivity index (χ1v) is 9.15. The Labute approximate surface area is 172 Å². The van der Waals surface area contributed by atoms with E-state index in [2.05, 4.69) is 20.9 Å². The normalized spacial score (nSPS) is 15.1. The van der Waals surface area contributed by atoms with Crippen molar-refractivity contribution in [1.29, 1.82) is 0 Å². The summed E-state index contributed by atoms with van der Waals surface area (Å²) in [5.74, 6) is 0.550. The largest absolute Gasteiger partial charge is 0.356 e. The van der Waals surface area contributed by atoms with Crippen molar-refractivity contribution in [2.75, 3.05) is 20.1 Å². The van der Waals surface area contributed by atoms with Crippen molar-refractivity contribution in [2.45, 2.75) is 51.0 Å². The number of nitrogens with zero attached hydrogens (tertiary/aromatic N) is 1. The van der Waals surface area contributed by atoms with Crippen molar-refractivity contribution in [3.8, 4) is 0 Å². The summed E-state index contributed by atoms with van der Waals surface area (Å²) in [5.41, 5.74) is 1.07. The van der Waals surface area contributed by atoms with Gasteiger partial charge in [0.05, 0.1) is 0 Å². The SMILES string of the molecule is CN=C(NCCC(=O)NC1CCCCC1)NCCc1ccc(F)cc1.I. The Morgan fingerprint density at radius 1 is 1.12 bits per heavy atom. The third-order valence-electron chi connectivity index (χ3n) is 4.46. The van der Waals surface area contributed by atoms with Crippen molar-refractivity contribution in [2.24, 2.45) is 4.99 Å². The average molecular weight is 476 g/mol. The number of carbonyl (C=O) groups is 1. The maximum atomic E-state index is 12.9. The zero-order chi connectivity index (χ0) is 17.9. The van der Waals surface area contributed by atoms with E-state index in [-0.39, 0.29) is 35.7 Å². The Hall–Kier alpha value is -1.38. The molecule has 0 aliphatic heterocycles. The molecule has 26 heavy (non-hydrogen) atoms. The molecule has 3 N–H and O–H groups in total. The molecule has 1 fully saturated rings. The summed E-state index contributed by atoms with van der Waals surface area (Å²) in [6.45, 7) is 1.24. The number of benzene rings is 1. The summed E-state index contributed by atoms with van der Waals surface area (Å²) in [4.78, 5) is 16.1. The number of nitrogens with one attached hydrogen (secondary N) is 3. The van der Waals surface area contributed by atoms with Crippen molar-refractivity contribution >= 4 is 35.8 Å². The third-order valence-corrected chi connectivity index (χ3v) is 4.46. The summed E-state index contributed by atoms with van der Waals surface area (Å²) >= 11 is 0. The summed E-state index contributed by atoms with van der Waals surface area (Å²) in [6, 6.07) is 6.85. The Bertz CT molecular complexity index is 559. The maximum absolute atomic E-state index is 12.9. The van der Waals surface area contributed by atoms with Gasteiger partial charge in [-0.2, -0.15) is 0 Å². The van der Waals surface area contributed by atoms with Crippen LogP contribution in [0.1, 0.15) is 44.1 Å². The molecule has 2 rings (SSSR count). The Balaban J connectivity index is 0.00000338. The molecule has 0 heterocycles. The maximum Gasteiger partial charge on any atom is 0.221 e. The lowest BCUT2D eigenvalue weighted by Gasteiger charge is -2.22. The zero-order valence-corrected chi connectivity index (χ0v) is 17.7. The van der Waals surface area contributed by atoms with Gasteiger partial charge in [0.2, 0.25) is 5.91 Å². The number of hydrogen-bond donors (Lipinski definition) is 3. The highest BCUT2D eigenvalue weighted by Crippen LogP contribution is 2.17. The molecule has 146 valence electrons. The molecule has 0 atom stereocenters. The van der Waals surface area contributed by atoms with E-state index < -0.39 is 0 Å². The van der Waals surface area contributed by atoms with E-state index in [0.29, 0.717) is 31.5 Å². The molecule has 7 heteroatoms. The number of aliphatic imine (C=N–C) groups is 1. The lowest BCUT2D eigenvalue weighted by atomic mass is 9.95. The van der Waals surface area contributed by atoms with E-state index in [4.69, 9.17) is 0 Å². The van der Waals surface area contributed by atoms with Gasteiger partial charge in [0.25, 0.3) is 0 Å². The van der Waals surface area contributed by atoms with Crippen LogP contribution in [0.15, 0.2) is 29.3 Å². The summed E-state index contributed by atoms with van der Waals surface area (Å²) in [7, 11) is 1.70. The third kappa shape index (κ3) is 8.82. The standard InChI is InChI=1S/C19H29FN4O.HI/c1-21-19(22-13-11-15-7-9-16(20)10-8-15)23-14-12-18(25)24-17-5-3-2-4-6-17;/h7-10,17H,2-6,11-14H2,1H3,(H,24,25)(H2,21,22,23);1H. The molecule has 1 aromatic carbocycles. The fourth-order valence-electron chi connectivity index (χ4n) is 3.04. The summed E-state index contributed by atoms with van der Waals surface area (Å²) in [6.07, 6.45) is 7.14. The molecule has 0 radical (unpaired) electrons. The molecule has 1 amide bonds. The number of hydrogen-bond acceptors (Lipinski definition) is 2. The zero-order valence-electron chi connectivity index (χ0n) is 15.4. The molecule has 0 bridgehead atoms. The first kappa shape index (κ1) is 22.7. The van der Waals surface area contributed by atoms with Crippen LogP contribution in [0.4, 0.5) is 4.39 Å². The van der Waals surface area contributed by atoms with E-state index in [1.54, 1.807) is 19.2 Å². The van der Waals surface area contributed by atoms with Gasteiger partial charge in [0.15, 0.2) is 5.96 Å². The molecule has 1 aliphatic rings. The monoisotopic (exact) mass is 476 g/mol. The predicted molar refractivity (Wildman–Crippen MR) is 115 cm³/mol. The van der Waals surface area contributed by atoms with Gasteiger partial charge in [0, 0.05) is 32.6 Å². The lowest BCUT2D eigenvalue weighted by Crippen LogP contribution is -2.41. The van der Waals surface area contributed by atoms with Gasteiger partial charge in [-0.25, -0.2) is 4.39 Å². The minimum absolute atomic E-state index is 0. The van der Waals surface area contributed by atoms with Crippen LogP contribution in [0.2, 0.25) is 0 Å². The second kappa shape index (κ2) is 12.9. The molecule has 0 spiro atoms. The van der Waals surface area contributed by atoms with Gasteiger partial charge in [-0.1, -0.05) is 31.4 Å². The lowest BCUT2D eigenvalue weighted by molar-refractivity contribution is -0.121. The van der Waals surface area contributed by atoms with Crippen molar-refractivity contribution in [3.05, 3.63) is 35.6 Å². The van der Waals surface area contributed by atoms with E-state index in [0.717, 1.165) is 24.8 Å². The van der Waals surface area contributed by atoms with E-state index in [9.17, 15) is 9.18 Å². The number of carbonyl (C=O) groups excluding carboxylic acids is 1. The first-order valence-electron chi connectivity index (χ1n) is 9.15. The van der Waals surface area contributed by atoms with Gasteiger partial charge in [-0.05, 0) is 37.0 Å². The van der Waals surface area contributed by atoms with E-state index in [1.807, 2.05) is 0 Å². The van der Waals surface area contributed by atoms with Crippen LogP contribution in [0.3, 0.4) is 0 Å². The van der Waals surface area contributed by atoms with Crippen LogP contribution in [-0.4, -0.2) is 38.0 Å². The van der Waals surface area contributed by atoms with Gasteiger partial charge < -0.3 is 16.0 Å². The molecule has 0 unspecified atom stereocenters. The molecular weight excluding hydrogens is 446 g/mol. The topological polar surface area (TPSA) is 65.5 Å². The van der Waals surface area contributed by atoms with Gasteiger partial charge in [-0.15, -0.1) is 24.0 Å². The number of guanidine groups is 1. The molecule has 5 nitrogen and oxygen atoms in total. The molecule has 1 saturated carbocycles. The van der Waals surface area contributed by atoms with Crippen LogP contribution in [0.25, 0.3) is 0 Å². The Morgan fingerprint density at radius 2 is 1.77 bits per heavy atom. The van der Waals surface area contributed by atoms with Crippen LogP contribution < -0.4 is 16.0 Å². The molecule has 1 aliphatic carbocycles. The van der Waals surface area contributed by atoms with Crippen molar-refractivity contribution in [3.63, 3.8) is 0 Å². The second-order valence-corrected chi connectivity index (χ2v) is 6.45. The highest BCUT2D eigenvalue weighted by atomic mass is 127. The number of halogens is 2. The van der Waals surface area contributed by atoms with Gasteiger partial charge in [0.1, 0.15) is 5.82 Å². The Morgan fingerprint density at radius 3 is 2.42 bits per heavy atom. The first-order chi connectivity index (χ1) is 12.2. The molecule has 0 saturated heterocycles. The Kier molecular flexibility index (Phi) is 11.2. The molecule has 1 aromatic rings. The minimum Gasteiger partial charge on any atom is -0.356 e. The minimum atomic E-state index is -0.222.